The summed E-state index contributed by atoms with van der Waals surface area (Å²) in [5, 5.41) is 6.30. The lowest BCUT2D eigenvalue weighted by atomic mass is 10.0. The summed E-state index contributed by atoms with van der Waals surface area (Å²) in [4.78, 5) is 33.9. The monoisotopic (exact) mass is 572 g/mol. The SMILES string of the molecule is Cl.O=C(Nc1ccc(F)cc1)C1(C(=O)Nc2ccc(Oc3ccnc4cc(-c5ccc(F)nc5)ccc34)cc2)CC1. The number of halogens is 3. The van der Waals surface area contributed by atoms with Gasteiger partial charge >= 0.3 is 0 Å². The van der Waals surface area contributed by atoms with Crippen molar-refractivity contribution in [2.45, 2.75) is 12.8 Å². The highest BCUT2D eigenvalue weighted by Crippen LogP contribution is 2.47. The molecule has 2 amide bonds. The van der Waals surface area contributed by atoms with E-state index in [-0.39, 0.29) is 12.4 Å². The topological polar surface area (TPSA) is 93.2 Å². The average molecular weight is 573 g/mol. The second-order valence-electron chi connectivity index (χ2n) is 9.53. The fraction of sp³-hybridized carbons (Fsp3) is 0.0968. The number of hydrogen-bond acceptors (Lipinski definition) is 5. The molecule has 2 heterocycles. The number of aromatic nitrogens is 2. The Bertz CT molecular complexity index is 1730. The number of nitrogens with zero attached hydrogens (tertiary/aromatic N) is 2. The zero-order valence-corrected chi connectivity index (χ0v) is 22.3. The molecule has 0 saturated heterocycles. The van der Waals surface area contributed by atoms with Crippen LogP contribution in [-0.2, 0) is 9.59 Å². The largest absolute Gasteiger partial charge is 0.457 e. The summed E-state index contributed by atoms with van der Waals surface area (Å²) < 4.78 is 32.4. The Morgan fingerprint density at radius 3 is 2.00 bits per heavy atom. The number of pyridine rings is 2. The number of fused-ring (bicyclic) bond motifs is 1. The van der Waals surface area contributed by atoms with Crippen molar-refractivity contribution in [3.63, 3.8) is 0 Å². The predicted molar refractivity (Wildman–Crippen MR) is 154 cm³/mol. The molecule has 0 unspecified atom stereocenters. The lowest BCUT2D eigenvalue weighted by Gasteiger charge is -2.16. The quantitative estimate of drug-likeness (QED) is 0.160. The minimum atomic E-state index is -1.15. The number of rotatable bonds is 7. The highest BCUT2D eigenvalue weighted by Gasteiger charge is 2.56. The molecule has 1 aliphatic rings. The number of amides is 2. The Labute approximate surface area is 240 Å². The second kappa shape index (κ2) is 11.3. The number of anilines is 2. The van der Waals surface area contributed by atoms with Crippen molar-refractivity contribution in [3.8, 4) is 22.6 Å². The summed E-state index contributed by atoms with van der Waals surface area (Å²) >= 11 is 0. The molecular weight excluding hydrogens is 550 g/mol. The molecule has 0 bridgehead atoms. The minimum absolute atomic E-state index is 0. The summed E-state index contributed by atoms with van der Waals surface area (Å²) in [7, 11) is 0. The molecule has 1 fully saturated rings. The molecule has 7 nitrogen and oxygen atoms in total. The summed E-state index contributed by atoms with van der Waals surface area (Å²) in [6.07, 6.45) is 3.98. The summed E-state index contributed by atoms with van der Waals surface area (Å²) in [6, 6.07) is 22.6. The maximum atomic E-state index is 13.2. The standard InChI is InChI=1S/C31H22F2N4O3.ClH/c32-21-3-5-22(6-4-21)36-29(38)31(14-15-31)30(39)37-23-7-9-24(10-8-23)40-27-13-16-34-26-17-19(1-11-25(26)27)20-2-12-28(33)35-18-20;/h1-13,16-18H,14-15H2,(H,36,38)(H,37,39);1H. The van der Waals surface area contributed by atoms with E-state index < -0.39 is 29.0 Å². The molecular formula is C31H23ClF2N4O3. The van der Waals surface area contributed by atoms with E-state index in [2.05, 4.69) is 20.6 Å². The third-order valence-corrected chi connectivity index (χ3v) is 6.82. The number of nitrogens with one attached hydrogen (secondary N) is 2. The molecule has 3 aromatic carbocycles. The Kier molecular flexibility index (Phi) is 7.63. The van der Waals surface area contributed by atoms with Crippen LogP contribution in [0.25, 0.3) is 22.0 Å². The fourth-order valence-electron chi connectivity index (χ4n) is 4.39. The average Bonchev–Trinajstić information content (AvgIpc) is 3.78. The minimum Gasteiger partial charge on any atom is -0.457 e. The maximum absolute atomic E-state index is 13.2. The van der Waals surface area contributed by atoms with Crippen LogP contribution >= 0.6 is 12.4 Å². The van der Waals surface area contributed by atoms with Crippen LogP contribution in [-0.4, -0.2) is 21.8 Å². The number of benzene rings is 3. The molecule has 10 heteroatoms. The van der Waals surface area contributed by atoms with Crippen molar-refractivity contribution >= 4 is 46.5 Å². The molecule has 6 rings (SSSR count). The smallest absolute Gasteiger partial charge is 0.240 e. The number of hydrogen-bond donors (Lipinski definition) is 2. The van der Waals surface area contributed by atoms with Gasteiger partial charge in [-0.3, -0.25) is 14.6 Å². The molecule has 1 saturated carbocycles. The molecule has 0 spiro atoms. The van der Waals surface area contributed by atoms with Crippen molar-refractivity contribution in [2.75, 3.05) is 10.6 Å². The molecule has 2 N–H and O–H groups in total. The van der Waals surface area contributed by atoms with Gasteiger partial charge in [-0.15, -0.1) is 12.4 Å². The van der Waals surface area contributed by atoms with Gasteiger partial charge in [-0.1, -0.05) is 6.07 Å². The van der Waals surface area contributed by atoms with Gasteiger partial charge in [-0.05, 0) is 97.3 Å². The predicted octanol–water partition coefficient (Wildman–Crippen LogP) is 7.15. The van der Waals surface area contributed by atoms with Crippen molar-refractivity contribution < 1.29 is 23.1 Å². The first kappa shape index (κ1) is 27.7. The van der Waals surface area contributed by atoms with Gasteiger partial charge in [0.05, 0.1) is 5.52 Å². The summed E-state index contributed by atoms with van der Waals surface area (Å²) in [5.41, 5.74) is 2.13. The van der Waals surface area contributed by atoms with Crippen LogP contribution in [0.3, 0.4) is 0 Å². The van der Waals surface area contributed by atoms with Crippen LogP contribution < -0.4 is 15.4 Å². The molecule has 1 aliphatic carbocycles. The van der Waals surface area contributed by atoms with Crippen LogP contribution in [0.5, 0.6) is 11.5 Å². The molecule has 0 atom stereocenters. The first-order valence-electron chi connectivity index (χ1n) is 12.6. The number of ether oxygens (including phenoxy) is 1. The van der Waals surface area contributed by atoms with Crippen LogP contribution in [0.1, 0.15) is 12.8 Å². The van der Waals surface area contributed by atoms with Crippen LogP contribution in [0, 0.1) is 17.2 Å². The first-order valence-corrected chi connectivity index (χ1v) is 12.6. The van der Waals surface area contributed by atoms with E-state index in [0.717, 1.165) is 16.5 Å². The van der Waals surface area contributed by atoms with Gasteiger partial charge in [0.25, 0.3) is 0 Å². The zero-order valence-electron chi connectivity index (χ0n) is 21.4. The van der Waals surface area contributed by atoms with Crippen molar-refractivity contribution in [2.24, 2.45) is 5.41 Å². The van der Waals surface area contributed by atoms with E-state index in [1.165, 1.54) is 36.5 Å². The second-order valence-corrected chi connectivity index (χ2v) is 9.53. The molecule has 5 aromatic rings. The van der Waals surface area contributed by atoms with Gasteiger partial charge in [-0.25, -0.2) is 9.37 Å². The summed E-state index contributed by atoms with van der Waals surface area (Å²) in [5.74, 6) is -0.612. The van der Waals surface area contributed by atoms with E-state index in [1.54, 1.807) is 42.6 Å². The lowest BCUT2D eigenvalue weighted by Crippen LogP contribution is -2.35. The molecule has 0 aliphatic heterocycles. The highest BCUT2D eigenvalue weighted by molar-refractivity contribution is 6.16. The zero-order chi connectivity index (χ0) is 27.7. The van der Waals surface area contributed by atoms with E-state index in [1.807, 2.05) is 18.2 Å². The lowest BCUT2D eigenvalue weighted by molar-refractivity contribution is -0.131. The van der Waals surface area contributed by atoms with E-state index >= 15 is 0 Å². The third kappa shape index (κ3) is 5.85. The molecule has 41 heavy (non-hydrogen) atoms. The Morgan fingerprint density at radius 1 is 0.756 bits per heavy atom. The van der Waals surface area contributed by atoms with Crippen LogP contribution in [0.4, 0.5) is 20.2 Å². The Hall–Kier alpha value is -4.89. The maximum Gasteiger partial charge on any atom is 0.240 e. The van der Waals surface area contributed by atoms with Gasteiger partial charge < -0.3 is 15.4 Å². The normalized spacial score (nSPS) is 13.1. The van der Waals surface area contributed by atoms with Crippen LogP contribution in [0.2, 0.25) is 0 Å². The van der Waals surface area contributed by atoms with Crippen LogP contribution in [0.15, 0.2) is 97.3 Å². The van der Waals surface area contributed by atoms with Crippen molar-refractivity contribution in [3.05, 3.63) is 109 Å². The van der Waals surface area contributed by atoms with E-state index in [0.29, 0.717) is 41.2 Å². The third-order valence-electron chi connectivity index (χ3n) is 6.82. The fourth-order valence-corrected chi connectivity index (χ4v) is 4.39. The molecule has 206 valence electrons. The Morgan fingerprint density at radius 2 is 1.39 bits per heavy atom. The van der Waals surface area contributed by atoms with E-state index in [4.69, 9.17) is 4.74 Å². The Balaban J connectivity index is 0.00000337. The number of carbonyl (C=O) groups excluding carboxylic acids is 2. The van der Waals surface area contributed by atoms with Gasteiger partial charge in [-0.2, -0.15) is 4.39 Å². The van der Waals surface area contributed by atoms with Gasteiger partial charge in [0.15, 0.2) is 0 Å². The highest BCUT2D eigenvalue weighted by atomic mass is 35.5. The molecule has 2 aromatic heterocycles. The van der Waals surface area contributed by atoms with Gasteiger partial charge in [0.2, 0.25) is 17.8 Å². The van der Waals surface area contributed by atoms with Crippen molar-refractivity contribution in [1.29, 1.82) is 0 Å². The first-order chi connectivity index (χ1) is 19.4. The number of carbonyl (C=O) groups is 2. The van der Waals surface area contributed by atoms with E-state index in [9.17, 15) is 18.4 Å². The molecule has 0 radical (unpaired) electrons. The van der Waals surface area contributed by atoms with Gasteiger partial charge in [0.1, 0.15) is 22.7 Å². The van der Waals surface area contributed by atoms with Gasteiger partial charge in [0, 0.05) is 34.7 Å². The summed E-state index contributed by atoms with van der Waals surface area (Å²) in [6.45, 7) is 0. The van der Waals surface area contributed by atoms with Crippen molar-refractivity contribution in [1.82, 2.24) is 9.97 Å².